The Bertz CT molecular complexity index is 1910. The minimum Gasteiger partial charge on any atom is -0.506 e. The highest BCUT2D eigenvalue weighted by atomic mass is 32.1. The maximum absolute atomic E-state index is 13.5. The van der Waals surface area contributed by atoms with Crippen LogP contribution in [0.15, 0.2) is 96.5 Å². The Morgan fingerprint density at radius 1 is 1.04 bits per heavy atom. The molecule has 2 heterocycles. The van der Waals surface area contributed by atoms with Crippen molar-refractivity contribution in [2.24, 2.45) is 0 Å². The van der Waals surface area contributed by atoms with E-state index in [1.807, 2.05) is 41.8 Å². The van der Waals surface area contributed by atoms with Gasteiger partial charge in [-0.05, 0) is 110 Å². The van der Waals surface area contributed by atoms with Crippen LogP contribution in [0.25, 0.3) is 10.9 Å². The molecule has 1 aliphatic rings. The summed E-state index contributed by atoms with van der Waals surface area (Å²) in [6.07, 6.45) is 6.26. The number of fused-ring (bicyclic) bond motifs is 1. The van der Waals surface area contributed by atoms with Crippen LogP contribution >= 0.6 is 11.3 Å². The molecule has 0 aliphatic heterocycles. The molecule has 0 spiro atoms. The molecular weight excluding hydrogens is 677 g/mol. The number of aryl methyl sites for hydroxylation is 1. The molecule has 1 amide bonds. The Morgan fingerprint density at radius 3 is 2.60 bits per heavy atom. The number of benzene rings is 3. The van der Waals surface area contributed by atoms with E-state index in [-0.39, 0.29) is 24.0 Å². The number of phenolic OH excluding ortho intramolecular Hbond substituents is 1. The summed E-state index contributed by atoms with van der Waals surface area (Å²) in [5.41, 5.74) is 2.34. The summed E-state index contributed by atoms with van der Waals surface area (Å²) in [5.74, 6) is -0.616. The molecule has 5 aromatic rings. The van der Waals surface area contributed by atoms with E-state index in [1.165, 1.54) is 28.3 Å². The van der Waals surface area contributed by atoms with Crippen molar-refractivity contribution in [3.63, 3.8) is 0 Å². The molecule has 5 N–H and O–H groups in total. The molecule has 1 aliphatic carbocycles. The maximum atomic E-state index is 13.5. The summed E-state index contributed by atoms with van der Waals surface area (Å²) < 4.78 is 8.28. The number of thiophene rings is 1. The van der Waals surface area contributed by atoms with E-state index in [0.717, 1.165) is 56.3 Å². The van der Waals surface area contributed by atoms with E-state index < -0.39 is 17.7 Å². The van der Waals surface area contributed by atoms with Gasteiger partial charge in [-0.15, -0.1) is 11.3 Å². The van der Waals surface area contributed by atoms with E-state index in [2.05, 4.69) is 57.6 Å². The van der Waals surface area contributed by atoms with Crippen LogP contribution in [0.1, 0.15) is 59.8 Å². The van der Waals surface area contributed by atoms with Crippen molar-refractivity contribution in [3.05, 3.63) is 118 Å². The third-order valence-corrected chi connectivity index (χ3v) is 11.2. The van der Waals surface area contributed by atoms with Crippen LogP contribution in [0.3, 0.4) is 0 Å². The van der Waals surface area contributed by atoms with Crippen LogP contribution in [0.2, 0.25) is 0 Å². The molecule has 6 rings (SSSR count). The number of nitrogens with zero attached hydrogens (tertiary/aromatic N) is 2. The summed E-state index contributed by atoms with van der Waals surface area (Å²) in [4.78, 5) is 27.3. The smallest absolute Gasteiger partial charge is 0.344 e. The van der Waals surface area contributed by atoms with Crippen molar-refractivity contribution in [3.8, 4) is 5.75 Å². The van der Waals surface area contributed by atoms with Crippen molar-refractivity contribution in [2.45, 2.75) is 75.5 Å². The van der Waals surface area contributed by atoms with Crippen LogP contribution in [0.4, 0.5) is 5.69 Å². The fourth-order valence-corrected chi connectivity index (χ4v) is 7.97. The fraction of sp³-hybridized carbons (Fsp3) is 0.366. The normalized spacial score (nSPS) is 17.8. The zero-order valence-corrected chi connectivity index (χ0v) is 30.3. The number of hydrogen-bond donors (Lipinski definition) is 5. The summed E-state index contributed by atoms with van der Waals surface area (Å²) in [5, 5.41) is 40.9. The number of carbonyl (C=O) groups excluding carboxylic acids is 2. The van der Waals surface area contributed by atoms with Crippen molar-refractivity contribution in [1.82, 2.24) is 14.8 Å². The molecule has 3 aromatic carbocycles. The SMILES string of the molecule is CN(CCCn1ccc2cc(CNCC(O)c3ccc(O)c(NC=O)c3)ccc21)C1CCC(OC(=O)C(O)(Cc2ccccc2)c2cccs2)CC1. The molecule has 10 nitrogen and oxygen atoms in total. The lowest BCUT2D eigenvalue weighted by atomic mass is 9.90. The zero-order chi connectivity index (χ0) is 36.5. The zero-order valence-electron chi connectivity index (χ0n) is 29.5. The minimum atomic E-state index is -1.70. The summed E-state index contributed by atoms with van der Waals surface area (Å²) in [7, 11) is 2.18. The lowest BCUT2D eigenvalue weighted by Crippen LogP contribution is -2.43. The van der Waals surface area contributed by atoms with E-state index in [1.54, 1.807) is 18.2 Å². The van der Waals surface area contributed by atoms with E-state index in [9.17, 15) is 24.9 Å². The lowest BCUT2D eigenvalue weighted by Gasteiger charge is -2.35. The second-order valence-corrected chi connectivity index (χ2v) is 14.7. The minimum absolute atomic E-state index is 0.0525. The largest absolute Gasteiger partial charge is 0.506 e. The van der Waals surface area contributed by atoms with Crippen LogP contribution in [0, 0.1) is 0 Å². The first-order valence-corrected chi connectivity index (χ1v) is 18.8. The molecule has 0 radical (unpaired) electrons. The molecule has 0 bridgehead atoms. The number of phenols is 1. The number of nitrogens with one attached hydrogen (secondary N) is 2. The Labute approximate surface area is 308 Å². The van der Waals surface area contributed by atoms with Crippen LogP contribution in [0.5, 0.6) is 5.75 Å². The standard InChI is InChI=1S/C41H48N4O6S/c1-44(33-12-14-34(15-13-33)51-40(49)41(50,39-9-5-22-52-39)25-29-7-3-2-4-8-29)19-6-20-45-21-18-31-23-30(10-16-36(31)45)26-42-27-38(48)32-11-17-37(47)35(24-32)43-28-46/h2-5,7-11,16-18,21-24,28,33-34,38,42,47-48,50H,6,12-15,19-20,25-27H2,1H3,(H,43,46). The second-order valence-electron chi connectivity index (χ2n) is 13.8. The molecule has 274 valence electrons. The number of amides is 1. The predicted octanol–water partition coefficient (Wildman–Crippen LogP) is 6.11. The van der Waals surface area contributed by atoms with Crippen molar-refractivity contribution in [2.75, 3.05) is 25.5 Å². The summed E-state index contributed by atoms with van der Waals surface area (Å²) in [6, 6.07) is 26.9. The van der Waals surface area contributed by atoms with Gasteiger partial charge >= 0.3 is 5.97 Å². The fourth-order valence-electron chi connectivity index (χ4n) is 7.16. The van der Waals surface area contributed by atoms with Crippen LogP contribution in [-0.4, -0.2) is 69.4 Å². The van der Waals surface area contributed by atoms with Crippen molar-refractivity contribution < 1.29 is 29.6 Å². The quantitative estimate of drug-likeness (QED) is 0.0441. The number of ether oxygens (including phenoxy) is 1. The maximum Gasteiger partial charge on any atom is 0.344 e. The van der Waals surface area contributed by atoms with Gasteiger partial charge in [-0.2, -0.15) is 0 Å². The van der Waals surface area contributed by atoms with Gasteiger partial charge in [0.2, 0.25) is 12.0 Å². The van der Waals surface area contributed by atoms with Gasteiger partial charge in [-0.3, -0.25) is 4.79 Å². The lowest BCUT2D eigenvalue weighted by molar-refractivity contribution is -0.174. The Hall–Kier alpha value is -4.52. The van der Waals surface area contributed by atoms with Gasteiger partial charge in [-0.1, -0.05) is 48.5 Å². The van der Waals surface area contributed by atoms with E-state index in [4.69, 9.17) is 4.74 Å². The number of aliphatic hydroxyl groups is 2. The van der Waals surface area contributed by atoms with Gasteiger partial charge in [0.25, 0.3) is 0 Å². The molecule has 2 aromatic heterocycles. The van der Waals surface area contributed by atoms with Gasteiger partial charge in [-0.25, -0.2) is 4.79 Å². The monoisotopic (exact) mass is 724 g/mol. The average Bonchev–Trinajstić information content (AvgIpc) is 3.84. The van der Waals surface area contributed by atoms with E-state index in [0.29, 0.717) is 36.0 Å². The number of aliphatic hydroxyl groups excluding tert-OH is 1. The number of carbonyl (C=O) groups is 2. The van der Waals surface area contributed by atoms with Gasteiger partial charge in [0.1, 0.15) is 11.9 Å². The van der Waals surface area contributed by atoms with Crippen LogP contribution < -0.4 is 10.6 Å². The second kappa shape index (κ2) is 17.3. The van der Waals surface area contributed by atoms with Gasteiger partial charge in [0.05, 0.1) is 11.8 Å². The molecule has 1 saturated carbocycles. The Kier molecular flexibility index (Phi) is 12.4. The van der Waals surface area contributed by atoms with Gasteiger partial charge in [0, 0.05) is 48.7 Å². The molecule has 2 unspecified atom stereocenters. The number of esters is 1. The molecule has 11 heteroatoms. The first-order valence-electron chi connectivity index (χ1n) is 17.9. The number of hydrogen-bond acceptors (Lipinski definition) is 9. The van der Waals surface area contributed by atoms with Gasteiger partial charge < -0.3 is 40.2 Å². The van der Waals surface area contributed by atoms with Gasteiger partial charge in [0.15, 0.2) is 0 Å². The predicted molar refractivity (Wildman–Crippen MR) is 204 cm³/mol. The van der Waals surface area contributed by atoms with E-state index >= 15 is 0 Å². The average molecular weight is 725 g/mol. The summed E-state index contributed by atoms with van der Waals surface area (Å²) in [6.45, 7) is 2.77. The molecule has 2 atom stereocenters. The number of anilines is 1. The highest BCUT2D eigenvalue weighted by Gasteiger charge is 2.42. The number of aromatic hydroxyl groups is 1. The molecule has 52 heavy (non-hydrogen) atoms. The van der Waals surface area contributed by atoms with Crippen LogP contribution in [-0.2, 0) is 39.4 Å². The van der Waals surface area contributed by atoms with Crippen molar-refractivity contribution in [1.29, 1.82) is 0 Å². The molecule has 1 fully saturated rings. The molecule has 0 saturated heterocycles. The Balaban J connectivity index is 0.934. The summed E-state index contributed by atoms with van der Waals surface area (Å²) >= 11 is 1.37. The number of aromatic nitrogens is 1. The topological polar surface area (TPSA) is 136 Å². The first kappa shape index (κ1) is 37.2. The van der Waals surface area contributed by atoms with Crippen molar-refractivity contribution >= 4 is 40.3 Å². The highest BCUT2D eigenvalue weighted by molar-refractivity contribution is 7.10. The Morgan fingerprint density at radius 2 is 1.85 bits per heavy atom. The first-order chi connectivity index (χ1) is 25.2. The molecular formula is C41H48N4O6S. The third-order valence-electron chi connectivity index (χ3n) is 10.1. The third kappa shape index (κ3) is 9.09. The number of rotatable bonds is 17. The highest BCUT2D eigenvalue weighted by Crippen LogP contribution is 2.34.